The summed E-state index contributed by atoms with van der Waals surface area (Å²) < 4.78 is 4.49. The molecule has 2 aromatic carbocycles. The van der Waals surface area contributed by atoms with Crippen LogP contribution in [0, 0.1) is 34.1 Å². The molecule has 0 spiro atoms. The first kappa shape index (κ1) is 17.9. The summed E-state index contributed by atoms with van der Waals surface area (Å²) in [6.45, 7) is 3.66. The molecule has 0 amide bonds. The molecule has 0 atom stereocenters. The number of carbonyl (C=O) groups excluding carboxylic acids is 1. The average Bonchev–Trinajstić information content (AvgIpc) is 2.56. The molecule has 0 fully saturated rings. The Morgan fingerprint density at radius 1 is 1.04 bits per heavy atom. The van der Waals surface area contributed by atoms with Crippen LogP contribution in [-0.4, -0.2) is 22.9 Å². The highest BCUT2D eigenvalue weighted by molar-refractivity contribution is 5.94. The minimum Gasteiger partial charge on any atom is -0.465 e. The molecule has 130 valence electrons. The second kappa shape index (κ2) is 6.95. The van der Waals surface area contributed by atoms with Gasteiger partial charge in [0.2, 0.25) is 0 Å². The van der Waals surface area contributed by atoms with Gasteiger partial charge in [-0.2, -0.15) is 0 Å². The predicted molar refractivity (Wildman–Crippen MR) is 90.3 cm³/mol. The van der Waals surface area contributed by atoms with Crippen molar-refractivity contribution in [2.45, 2.75) is 13.8 Å². The molecule has 0 saturated heterocycles. The molecular weight excluding hydrogens is 330 g/mol. The summed E-state index contributed by atoms with van der Waals surface area (Å²) in [5.74, 6) is -0.899. The second-order valence-electron chi connectivity index (χ2n) is 5.34. The second-order valence-corrected chi connectivity index (χ2v) is 5.34. The fourth-order valence-electron chi connectivity index (χ4n) is 2.35. The Bertz CT molecular complexity index is 843. The summed E-state index contributed by atoms with van der Waals surface area (Å²) in [5, 5.41) is 25.5. The first-order valence-corrected chi connectivity index (χ1v) is 7.14. The van der Waals surface area contributed by atoms with E-state index in [2.05, 4.69) is 10.1 Å². The first-order valence-electron chi connectivity index (χ1n) is 7.14. The van der Waals surface area contributed by atoms with Gasteiger partial charge in [0.1, 0.15) is 0 Å². The van der Waals surface area contributed by atoms with E-state index in [0.717, 1.165) is 30.4 Å². The Kier molecular flexibility index (Phi) is 4.97. The summed E-state index contributed by atoms with van der Waals surface area (Å²) in [5.41, 5.74) is 0.488. The summed E-state index contributed by atoms with van der Waals surface area (Å²) in [6, 6.07) is 7.18. The molecule has 0 bridgehead atoms. The molecule has 25 heavy (non-hydrogen) atoms. The van der Waals surface area contributed by atoms with Crippen molar-refractivity contribution in [2.24, 2.45) is 0 Å². The maximum absolute atomic E-state index is 11.6. The van der Waals surface area contributed by atoms with Crippen LogP contribution in [0.1, 0.15) is 21.5 Å². The van der Waals surface area contributed by atoms with Gasteiger partial charge in [0, 0.05) is 17.8 Å². The van der Waals surface area contributed by atoms with Crippen LogP contribution in [0.4, 0.5) is 22.7 Å². The van der Waals surface area contributed by atoms with E-state index in [4.69, 9.17) is 0 Å². The van der Waals surface area contributed by atoms with Gasteiger partial charge in [0.15, 0.2) is 5.69 Å². The highest BCUT2D eigenvalue weighted by Crippen LogP contribution is 2.38. The standard InChI is InChI=1S/C16H15N3O6/c1-9-4-5-12(10(2)6-9)17-15-13(18(21)22)7-11(16(20)25-3)8-14(15)19(23)24/h4-8,17H,1-3H3. The number of carbonyl (C=O) groups is 1. The molecule has 0 aliphatic rings. The van der Waals surface area contributed by atoms with Gasteiger partial charge in [0.05, 0.1) is 22.5 Å². The lowest BCUT2D eigenvalue weighted by Crippen LogP contribution is -2.07. The Morgan fingerprint density at radius 3 is 2.04 bits per heavy atom. The quantitative estimate of drug-likeness (QED) is 0.498. The third-order valence-corrected chi connectivity index (χ3v) is 3.55. The molecule has 0 saturated carbocycles. The van der Waals surface area contributed by atoms with Crippen molar-refractivity contribution in [3.8, 4) is 0 Å². The van der Waals surface area contributed by atoms with E-state index in [1.807, 2.05) is 13.0 Å². The lowest BCUT2D eigenvalue weighted by atomic mass is 10.1. The number of nitrogens with zero attached hydrogens (tertiary/aromatic N) is 2. The van der Waals surface area contributed by atoms with Crippen LogP contribution >= 0.6 is 0 Å². The van der Waals surface area contributed by atoms with E-state index in [0.29, 0.717) is 5.69 Å². The number of hydrogen-bond acceptors (Lipinski definition) is 7. The van der Waals surface area contributed by atoms with Gasteiger partial charge < -0.3 is 10.1 Å². The summed E-state index contributed by atoms with van der Waals surface area (Å²) in [7, 11) is 1.09. The monoisotopic (exact) mass is 345 g/mol. The van der Waals surface area contributed by atoms with Crippen LogP contribution in [-0.2, 0) is 4.74 Å². The van der Waals surface area contributed by atoms with Crippen molar-refractivity contribution in [3.05, 3.63) is 67.3 Å². The van der Waals surface area contributed by atoms with Gasteiger partial charge in [-0.05, 0) is 25.5 Å². The maximum Gasteiger partial charge on any atom is 0.338 e. The average molecular weight is 345 g/mol. The molecule has 9 nitrogen and oxygen atoms in total. The lowest BCUT2D eigenvalue weighted by Gasteiger charge is -2.12. The van der Waals surface area contributed by atoms with Gasteiger partial charge in [-0.15, -0.1) is 0 Å². The zero-order valence-corrected chi connectivity index (χ0v) is 13.7. The number of rotatable bonds is 5. The molecule has 0 aromatic heterocycles. The number of anilines is 2. The number of ether oxygens (including phenoxy) is 1. The third-order valence-electron chi connectivity index (χ3n) is 3.55. The maximum atomic E-state index is 11.6. The smallest absolute Gasteiger partial charge is 0.338 e. The molecule has 0 aliphatic heterocycles. The fraction of sp³-hybridized carbons (Fsp3) is 0.188. The normalized spacial score (nSPS) is 10.2. The number of nitrogens with one attached hydrogen (secondary N) is 1. The molecule has 9 heteroatoms. The fourth-order valence-corrected chi connectivity index (χ4v) is 2.35. The number of methoxy groups -OCH3 is 1. The van der Waals surface area contributed by atoms with E-state index >= 15 is 0 Å². The number of aryl methyl sites for hydroxylation is 2. The Labute approximate surface area is 142 Å². The van der Waals surface area contributed by atoms with Crippen molar-refractivity contribution in [2.75, 3.05) is 12.4 Å². The number of esters is 1. The SMILES string of the molecule is COC(=O)c1cc([N+](=O)[O-])c(Nc2ccc(C)cc2C)c([N+](=O)[O-])c1. The van der Waals surface area contributed by atoms with Gasteiger partial charge >= 0.3 is 17.3 Å². The zero-order chi connectivity index (χ0) is 18.7. The van der Waals surface area contributed by atoms with Crippen molar-refractivity contribution in [1.29, 1.82) is 0 Å². The highest BCUT2D eigenvalue weighted by atomic mass is 16.6. The predicted octanol–water partition coefficient (Wildman–Crippen LogP) is 3.65. The van der Waals surface area contributed by atoms with Crippen LogP contribution < -0.4 is 5.32 Å². The number of benzene rings is 2. The van der Waals surface area contributed by atoms with Crippen LogP contribution in [0.3, 0.4) is 0 Å². The zero-order valence-electron chi connectivity index (χ0n) is 13.7. The van der Waals surface area contributed by atoms with E-state index in [-0.39, 0.29) is 11.3 Å². The molecule has 0 unspecified atom stereocenters. The summed E-state index contributed by atoms with van der Waals surface area (Å²) in [4.78, 5) is 32.8. The minimum atomic E-state index is -0.899. The van der Waals surface area contributed by atoms with E-state index in [1.54, 1.807) is 19.1 Å². The van der Waals surface area contributed by atoms with E-state index in [9.17, 15) is 25.0 Å². The first-order chi connectivity index (χ1) is 11.7. The van der Waals surface area contributed by atoms with Crippen LogP contribution in [0.15, 0.2) is 30.3 Å². The largest absolute Gasteiger partial charge is 0.465 e. The molecular formula is C16H15N3O6. The highest BCUT2D eigenvalue weighted by Gasteiger charge is 2.29. The van der Waals surface area contributed by atoms with Gasteiger partial charge in [0.25, 0.3) is 0 Å². The van der Waals surface area contributed by atoms with E-state index in [1.165, 1.54) is 0 Å². The van der Waals surface area contributed by atoms with E-state index < -0.39 is 27.2 Å². The van der Waals surface area contributed by atoms with Crippen LogP contribution in [0.2, 0.25) is 0 Å². The molecule has 0 radical (unpaired) electrons. The third kappa shape index (κ3) is 3.71. The Hall–Kier alpha value is -3.49. The molecule has 0 heterocycles. The Balaban J connectivity index is 2.67. The summed E-state index contributed by atoms with van der Waals surface area (Å²) >= 11 is 0. The van der Waals surface area contributed by atoms with Crippen LogP contribution in [0.25, 0.3) is 0 Å². The minimum absolute atomic E-state index is 0.271. The van der Waals surface area contributed by atoms with Gasteiger partial charge in [-0.3, -0.25) is 20.2 Å². The lowest BCUT2D eigenvalue weighted by molar-refractivity contribution is -0.392. The molecule has 1 N–H and O–H groups in total. The molecule has 2 aromatic rings. The molecule has 2 rings (SSSR count). The van der Waals surface area contributed by atoms with Crippen molar-refractivity contribution in [3.63, 3.8) is 0 Å². The Morgan fingerprint density at radius 2 is 1.60 bits per heavy atom. The van der Waals surface area contributed by atoms with Crippen molar-refractivity contribution >= 4 is 28.7 Å². The number of nitro groups is 2. The van der Waals surface area contributed by atoms with Crippen molar-refractivity contribution in [1.82, 2.24) is 0 Å². The topological polar surface area (TPSA) is 125 Å². The number of hydrogen-bond donors (Lipinski definition) is 1. The van der Waals surface area contributed by atoms with Gasteiger partial charge in [-0.1, -0.05) is 17.7 Å². The summed E-state index contributed by atoms with van der Waals surface area (Å²) in [6.07, 6.45) is 0. The van der Waals surface area contributed by atoms with Crippen LogP contribution in [0.5, 0.6) is 0 Å². The van der Waals surface area contributed by atoms with Gasteiger partial charge in [-0.25, -0.2) is 4.79 Å². The number of nitro benzene ring substituents is 2. The molecule has 0 aliphatic carbocycles. The van der Waals surface area contributed by atoms with Crippen molar-refractivity contribution < 1.29 is 19.4 Å².